The standard InChI is InChI=1S/C28H30Cl2N2O3/c1-27(18-4-6-19(29)7-5-18)11-10-22-24(16-33)32-26(34)28(22,2)12-9-21(27)20-8-3-17(15-23(20)30)25-31-13-14-35-25/h3-8,13-15,21-22,24,33H,9-12,16H2,1-2H3,(H,32,34)/t21-,22-,24+,27-,28+/m0/s1. The molecule has 2 aliphatic rings. The van der Waals surface area contributed by atoms with E-state index >= 15 is 0 Å². The summed E-state index contributed by atoms with van der Waals surface area (Å²) >= 11 is 13.2. The van der Waals surface area contributed by atoms with E-state index in [0.29, 0.717) is 22.4 Å². The monoisotopic (exact) mass is 512 g/mol. The number of hydrogen-bond acceptors (Lipinski definition) is 4. The third-order valence-corrected chi connectivity index (χ3v) is 9.17. The Kier molecular flexibility index (Phi) is 6.45. The summed E-state index contributed by atoms with van der Waals surface area (Å²) in [6.07, 6.45) is 6.34. The van der Waals surface area contributed by atoms with Crippen molar-refractivity contribution in [3.05, 3.63) is 76.1 Å². The maximum atomic E-state index is 13.0. The van der Waals surface area contributed by atoms with Crippen molar-refractivity contribution in [2.45, 2.75) is 56.9 Å². The molecule has 5 atom stereocenters. The van der Waals surface area contributed by atoms with Gasteiger partial charge in [-0.2, -0.15) is 0 Å². The number of amides is 1. The molecule has 184 valence electrons. The first-order chi connectivity index (χ1) is 16.8. The highest BCUT2D eigenvalue weighted by Crippen LogP contribution is 2.55. The van der Waals surface area contributed by atoms with E-state index in [9.17, 15) is 9.90 Å². The van der Waals surface area contributed by atoms with Crippen LogP contribution in [0.1, 0.15) is 56.6 Å². The first-order valence-corrected chi connectivity index (χ1v) is 12.9. The third kappa shape index (κ3) is 4.18. The normalized spacial score (nSPS) is 30.9. The molecule has 1 saturated carbocycles. The Balaban J connectivity index is 1.59. The molecule has 0 spiro atoms. The molecule has 5 rings (SSSR count). The molecule has 7 heteroatoms. The minimum absolute atomic E-state index is 0.0405. The van der Waals surface area contributed by atoms with E-state index < -0.39 is 5.41 Å². The molecule has 1 aliphatic carbocycles. The van der Waals surface area contributed by atoms with E-state index in [2.05, 4.69) is 42.3 Å². The molecule has 3 aromatic rings. The van der Waals surface area contributed by atoms with Crippen molar-refractivity contribution < 1.29 is 14.3 Å². The maximum Gasteiger partial charge on any atom is 0.226 e. The average Bonchev–Trinajstić information content (AvgIpc) is 3.45. The zero-order valence-electron chi connectivity index (χ0n) is 19.9. The number of halogens is 2. The SMILES string of the molecule is C[C@@]12CC[C@@H](c3ccc(-c4ncco4)cc3Cl)[C@](C)(c3ccc(Cl)cc3)CC[C@H]1[C@@H](CO)NC2=O. The molecular weight excluding hydrogens is 483 g/mol. The quantitative estimate of drug-likeness (QED) is 0.425. The number of nitrogens with one attached hydrogen (secondary N) is 1. The second-order valence-electron chi connectivity index (χ2n) is 10.4. The van der Waals surface area contributed by atoms with Gasteiger partial charge < -0.3 is 14.8 Å². The van der Waals surface area contributed by atoms with Gasteiger partial charge in [0.2, 0.25) is 11.8 Å². The highest BCUT2D eigenvalue weighted by atomic mass is 35.5. The number of aliphatic hydroxyl groups excluding tert-OH is 1. The molecule has 2 heterocycles. The first-order valence-electron chi connectivity index (χ1n) is 12.1. The van der Waals surface area contributed by atoms with Gasteiger partial charge in [-0.05, 0) is 78.3 Å². The predicted octanol–water partition coefficient (Wildman–Crippen LogP) is 6.38. The predicted molar refractivity (Wildman–Crippen MR) is 138 cm³/mol. The maximum absolute atomic E-state index is 13.0. The number of benzene rings is 2. The van der Waals surface area contributed by atoms with Crippen molar-refractivity contribution in [1.29, 1.82) is 0 Å². The van der Waals surface area contributed by atoms with Gasteiger partial charge in [-0.3, -0.25) is 4.79 Å². The molecule has 2 N–H and O–H groups in total. The Morgan fingerprint density at radius 2 is 1.83 bits per heavy atom. The molecule has 35 heavy (non-hydrogen) atoms. The summed E-state index contributed by atoms with van der Waals surface area (Å²) in [6, 6.07) is 13.9. The largest absolute Gasteiger partial charge is 0.445 e. The van der Waals surface area contributed by atoms with Crippen molar-refractivity contribution >= 4 is 29.1 Å². The minimum Gasteiger partial charge on any atom is -0.445 e. The number of aliphatic hydroxyl groups is 1. The van der Waals surface area contributed by atoms with Crippen LogP contribution in [0.3, 0.4) is 0 Å². The van der Waals surface area contributed by atoms with E-state index in [1.54, 1.807) is 12.5 Å². The molecular formula is C28H30Cl2N2O3. The fourth-order valence-corrected chi connectivity index (χ4v) is 6.85. The number of rotatable bonds is 4. The van der Waals surface area contributed by atoms with Gasteiger partial charge in [0.05, 0.1) is 24.3 Å². The molecule has 1 amide bonds. The Morgan fingerprint density at radius 3 is 2.49 bits per heavy atom. The fourth-order valence-electron chi connectivity index (χ4n) is 6.41. The average molecular weight is 513 g/mol. The third-order valence-electron chi connectivity index (χ3n) is 8.59. The van der Waals surface area contributed by atoms with Gasteiger partial charge in [0.1, 0.15) is 6.26 Å². The molecule has 1 saturated heterocycles. The first kappa shape index (κ1) is 24.4. The summed E-state index contributed by atoms with van der Waals surface area (Å²) < 4.78 is 5.46. The molecule has 0 radical (unpaired) electrons. The minimum atomic E-state index is -0.516. The molecule has 2 fully saturated rings. The van der Waals surface area contributed by atoms with Gasteiger partial charge in [0, 0.05) is 15.6 Å². The van der Waals surface area contributed by atoms with Crippen LogP contribution < -0.4 is 5.32 Å². The van der Waals surface area contributed by atoms with E-state index in [0.717, 1.165) is 30.4 Å². The van der Waals surface area contributed by atoms with E-state index in [1.165, 1.54) is 5.56 Å². The summed E-state index contributed by atoms with van der Waals surface area (Å²) in [4.78, 5) is 17.3. The van der Waals surface area contributed by atoms with Crippen LogP contribution >= 0.6 is 23.2 Å². The second-order valence-corrected chi connectivity index (χ2v) is 11.3. The lowest BCUT2D eigenvalue weighted by molar-refractivity contribution is -0.129. The van der Waals surface area contributed by atoms with Gasteiger partial charge in [-0.1, -0.05) is 55.2 Å². The summed E-state index contributed by atoms with van der Waals surface area (Å²) in [6.45, 7) is 4.30. The van der Waals surface area contributed by atoms with Gasteiger partial charge in [0.25, 0.3) is 0 Å². The van der Waals surface area contributed by atoms with Gasteiger partial charge >= 0.3 is 0 Å². The van der Waals surface area contributed by atoms with Crippen molar-refractivity contribution in [2.75, 3.05) is 6.61 Å². The molecule has 2 aromatic carbocycles. The summed E-state index contributed by atoms with van der Waals surface area (Å²) in [5.74, 6) is 0.731. The van der Waals surface area contributed by atoms with Crippen LogP contribution in [0.2, 0.25) is 10.0 Å². The number of fused-ring (bicyclic) bond motifs is 1. The Morgan fingerprint density at radius 1 is 1.09 bits per heavy atom. The lowest BCUT2D eigenvalue weighted by Crippen LogP contribution is -2.40. The molecule has 1 aromatic heterocycles. The van der Waals surface area contributed by atoms with Crippen LogP contribution in [0, 0.1) is 11.3 Å². The zero-order valence-corrected chi connectivity index (χ0v) is 21.4. The van der Waals surface area contributed by atoms with E-state index in [4.69, 9.17) is 27.6 Å². The second kappa shape index (κ2) is 9.27. The van der Waals surface area contributed by atoms with Crippen LogP contribution in [0.4, 0.5) is 0 Å². The van der Waals surface area contributed by atoms with Crippen LogP contribution in [0.5, 0.6) is 0 Å². The lowest BCUT2D eigenvalue weighted by Gasteiger charge is -2.45. The number of hydrogen-bond donors (Lipinski definition) is 2. The van der Waals surface area contributed by atoms with E-state index in [-0.39, 0.29) is 35.8 Å². The van der Waals surface area contributed by atoms with Gasteiger partial charge in [-0.15, -0.1) is 0 Å². The van der Waals surface area contributed by atoms with E-state index in [1.807, 2.05) is 24.3 Å². The van der Waals surface area contributed by atoms with Crippen LogP contribution in [0.15, 0.2) is 59.3 Å². The topological polar surface area (TPSA) is 75.4 Å². The van der Waals surface area contributed by atoms with Crippen LogP contribution in [-0.4, -0.2) is 28.6 Å². The summed E-state index contributed by atoms with van der Waals surface area (Å²) in [7, 11) is 0. The molecule has 0 unspecified atom stereocenters. The Bertz CT molecular complexity index is 1210. The highest BCUT2D eigenvalue weighted by Gasteiger charge is 2.54. The summed E-state index contributed by atoms with van der Waals surface area (Å²) in [5.41, 5.74) is 2.32. The molecule has 0 bridgehead atoms. The van der Waals surface area contributed by atoms with Gasteiger partial charge in [0.15, 0.2) is 0 Å². The summed E-state index contributed by atoms with van der Waals surface area (Å²) in [5, 5.41) is 14.4. The van der Waals surface area contributed by atoms with Gasteiger partial charge in [-0.25, -0.2) is 4.98 Å². The Hall–Kier alpha value is -2.34. The zero-order chi connectivity index (χ0) is 24.8. The van der Waals surface area contributed by atoms with Crippen molar-refractivity contribution in [2.24, 2.45) is 11.3 Å². The lowest BCUT2D eigenvalue weighted by atomic mass is 9.58. The molecule has 1 aliphatic heterocycles. The Labute approximate surface area is 215 Å². The number of carbonyl (C=O) groups excluding carboxylic acids is 1. The number of carbonyl (C=O) groups is 1. The van der Waals surface area contributed by atoms with Crippen LogP contribution in [0.25, 0.3) is 11.5 Å². The highest BCUT2D eigenvalue weighted by molar-refractivity contribution is 6.31. The molecule has 5 nitrogen and oxygen atoms in total. The van der Waals surface area contributed by atoms with Crippen molar-refractivity contribution in [1.82, 2.24) is 10.3 Å². The number of oxazole rings is 1. The number of aromatic nitrogens is 1. The number of nitrogens with zero attached hydrogens (tertiary/aromatic N) is 1. The van der Waals surface area contributed by atoms with Crippen molar-refractivity contribution in [3.63, 3.8) is 0 Å². The fraction of sp³-hybridized carbons (Fsp3) is 0.429. The smallest absolute Gasteiger partial charge is 0.226 e. The van der Waals surface area contributed by atoms with Crippen LogP contribution in [-0.2, 0) is 10.2 Å². The van der Waals surface area contributed by atoms with Crippen molar-refractivity contribution in [3.8, 4) is 11.5 Å².